The van der Waals surface area contributed by atoms with Crippen LogP contribution in [0.25, 0.3) is 0 Å². The molecule has 2 aromatic rings. The number of nitrogens with zero attached hydrogens (tertiary/aromatic N) is 1. The molecule has 3 rings (SSSR count). The van der Waals surface area contributed by atoms with Gasteiger partial charge in [-0.15, -0.1) is 6.58 Å². The Bertz CT molecular complexity index is 980. The third kappa shape index (κ3) is 5.68. The quantitative estimate of drug-likeness (QED) is 0.361. The highest BCUT2D eigenvalue weighted by Gasteiger charge is 2.51. The molecule has 2 N–H and O–H groups in total. The summed E-state index contributed by atoms with van der Waals surface area (Å²) in [4.78, 5) is 16.1. The van der Waals surface area contributed by atoms with Crippen LogP contribution in [-0.4, -0.2) is 39.8 Å². The highest BCUT2D eigenvalue weighted by Crippen LogP contribution is 2.52. The number of likely N-dealkylation sites (tertiary alicyclic amines) is 1. The zero-order chi connectivity index (χ0) is 24.9. The Kier molecular flexibility index (Phi) is 9.22. The van der Waals surface area contributed by atoms with Crippen molar-refractivity contribution in [3.63, 3.8) is 0 Å². The van der Waals surface area contributed by atoms with E-state index in [1.54, 1.807) is 6.08 Å². The van der Waals surface area contributed by atoms with Crippen LogP contribution in [0.1, 0.15) is 69.0 Å². The Morgan fingerprint density at radius 2 is 1.88 bits per heavy atom. The monoisotopic (exact) mass is 503 g/mol. The molecular weight excluding hydrogens is 469 g/mol. The number of allylic oxidation sites excluding steroid dienone is 1. The third-order valence-electron chi connectivity index (χ3n) is 7.06. The number of halogens is 2. The van der Waals surface area contributed by atoms with Gasteiger partial charge in [0, 0.05) is 22.6 Å². The van der Waals surface area contributed by atoms with Crippen molar-refractivity contribution in [2.24, 2.45) is 5.41 Å². The lowest BCUT2D eigenvalue weighted by Gasteiger charge is -2.53. The van der Waals surface area contributed by atoms with Crippen LogP contribution in [0.4, 0.5) is 0 Å². The van der Waals surface area contributed by atoms with Gasteiger partial charge in [0.05, 0.1) is 23.6 Å². The summed E-state index contributed by atoms with van der Waals surface area (Å²) in [5, 5.41) is 21.8. The van der Waals surface area contributed by atoms with Crippen molar-refractivity contribution in [1.29, 1.82) is 0 Å². The Morgan fingerprint density at radius 1 is 1.18 bits per heavy atom. The Hall–Kier alpha value is -1.85. The van der Waals surface area contributed by atoms with Crippen LogP contribution in [0.2, 0.25) is 10.0 Å². The number of carbonyl (C=O) groups excluding carboxylic acids is 1. The van der Waals surface area contributed by atoms with Crippen LogP contribution in [0, 0.1) is 5.41 Å². The molecule has 6 heteroatoms. The van der Waals surface area contributed by atoms with Crippen molar-refractivity contribution in [2.45, 2.75) is 70.1 Å². The Balaban J connectivity index is 2.21. The highest BCUT2D eigenvalue weighted by molar-refractivity contribution is 6.30. The largest absolute Gasteiger partial charge is 0.396 e. The Labute approximate surface area is 213 Å². The predicted octanol–water partition coefficient (Wildman–Crippen LogP) is 6.55. The molecule has 0 aromatic heterocycles. The fraction of sp³-hybridized carbons (Fsp3) is 0.464. The van der Waals surface area contributed by atoms with E-state index in [0.29, 0.717) is 42.1 Å². The normalized spacial score (nSPS) is 24.6. The molecule has 0 saturated carbocycles. The smallest absolute Gasteiger partial charge is 0.229 e. The van der Waals surface area contributed by atoms with E-state index in [-0.39, 0.29) is 24.5 Å². The van der Waals surface area contributed by atoms with E-state index in [0.717, 1.165) is 11.1 Å². The van der Waals surface area contributed by atoms with Crippen molar-refractivity contribution >= 4 is 29.1 Å². The minimum Gasteiger partial charge on any atom is -0.396 e. The fourth-order valence-electron chi connectivity index (χ4n) is 5.40. The molecule has 0 aliphatic carbocycles. The number of amides is 1. The molecule has 1 fully saturated rings. The summed E-state index contributed by atoms with van der Waals surface area (Å²) in [6.45, 7) is 7.90. The lowest BCUT2D eigenvalue weighted by atomic mass is 9.66. The molecule has 0 spiro atoms. The van der Waals surface area contributed by atoms with E-state index < -0.39 is 17.6 Å². The van der Waals surface area contributed by atoms with E-state index in [1.807, 2.05) is 61.2 Å². The fourth-order valence-corrected chi connectivity index (χ4v) is 5.72. The van der Waals surface area contributed by atoms with E-state index in [1.165, 1.54) is 0 Å². The van der Waals surface area contributed by atoms with Gasteiger partial charge in [-0.3, -0.25) is 4.79 Å². The van der Waals surface area contributed by atoms with Gasteiger partial charge >= 0.3 is 0 Å². The molecule has 0 radical (unpaired) electrons. The third-order valence-corrected chi connectivity index (χ3v) is 7.55. The summed E-state index contributed by atoms with van der Waals surface area (Å²) in [5.41, 5.74) is 1.36. The van der Waals surface area contributed by atoms with Gasteiger partial charge in [0.25, 0.3) is 0 Å². The first-order valence-corrected chi connectivity index (χ1v) is 12.7. The van der Waals surface area contributed by atoms with E-state index in [2.05, 4.69) is 12.6 Å². The maximum absolute atomic E-state index is 14.2. The second-order valence-electron chi connectivity index (χ2n) is 9.54. The molecule has 5 atom stereocenters. The van der Waals surface area contributed by atoms with Crippen molar-refractivity contribution in [2.75, 3.05) is 6.61 Å². The number of benzene rings is 2. The average Bonchev–Trinajstić information content (AvgIpc) is 2.81. The molecular formula is C28H35Cl2NO3. The van der Waals surface area contributed by atoms with Crippen LogP contribution in [-0.2, 0) is 4.79 Å². The van der Waals surface area contributed by atoms with Gasteiger partial charge in [-0.05, 0) is 67.5 Å². The molecule has 2 aromatic carbocycles. The van der Waals surface area contributed by atoms with Gasteiger partial charge in [0.2, 0.25) is 5.91 Å². The minimum absolute atomic E-state index is 0.00136. The minimum atomic E-state index is -0.748. The topological polar surface area (TPSA) is 60.8 Å². The summed E-state index contributed by atoms with van der Waals surface area (Å²) in [7, 11) is 0. The molecule has 1 amide bonds. The lowest BCUT2D eigenvalue weighted by Crippen LogP contribution is -2.58. The number of hydrogen-bond donors (Lipinski definition) is 2. The van der Waals surface area contributed by atoms with Gasteiger partial charge in [-0.2, -0.15) is 0 Å². The van der Waals surface area contributed by atoms with Gasteiger partial charge in [-0.1, -0.05) is 67.4 Å². The SMILES string of the molecule is C=CC[C@@]1(C)C[C@H](c2cccc(Cl)c2)C(c2ccc(Cl)cc2)N(C(CC)C(O)CCCO)C1=O. The zero-order valence-electron chi connectivity index (χ0n) is 20.0. The highest BCUT2D eigenvalue weighted by atomic mass is 35.5. The van der Waals surface area contributed by atoms with Crippen molar-refractivity contribution in [3.8, 4) is 0 Å². The van der Waals surface area contributed by atoms with Crippen LogP contribution in [0.5, 0.6) is 0 Å². The van der Waals surface area contributed by atoms with Crippen LogP contribution >= 0.6 is 23.2 Å². The van der Waals surface area contributed by atoms with Crippen LogP contribution in [0.3, 0.4) is 0 Å². The maximum atomic E-state index is 14.2. The van der Waals surface area contributed by atoms with Crippen molar-refractivity contribution in [3.05, 3.63) is 82.4 Å². The molecule has 0 bridgehead atoms. The molecule has 34 heavy (non-hydrogen) atoms. The summed E-state index contributed by atoms with van der Waals surface area (Å²) < 4.78 is 0. The molecule has 3 unspecified atom stereocenters. The average molecular weight is 504 g/mol. The summed E-state index contributed by atoms with van der Waals surface area (Å²) >= 11 is 12.6. The van der Waals surface area contributed by atoms with Crippen molar-refractivity contribution in [1.82, 2.24) is 4.90 Å². The second kappa shape index (κ2) is 11.7. The molecule has 1 saturated heterocycles. The van der Waals surface area contributed by atoms with E-state index >= 15 is 0 Å². The van der Waals surface area contributed by atoms with Gasteiger partial charge < -0.3 is 15.1 Å². The van der Waals surface area contributed by atoms with E-state index in [9.17, 15) is 15.0 Å². The lowest BCUT2D eigenvalue weighted by molar-refractivity contribution is -0.158. The Morgan fingerprint density at radius 3 is 2.47 bits per heavy atom. The molecule has 1 heterocycles. The number of hydrogen-bond acceptors (Lipinski definition) is 3. The zero-order valence-corrected chi connectivity index (χ0v) is 21.5. The summed E-state index contributed by atoms with van der Waals surface area (Å²) in [6, 6.07) is 14.7. The molecule has 4 nitrogen and oxygen atoms in total. The van der Waals surface area contributed by atoms with Crippen LogP contribution in [0.15, 0.2) is 61.2 Å². The molecule has 1 aliphatic heterocycles. The number of rotatable bonds is 10. The number of carbonyl (C=O) groups is 1. The standard InChI is InChI=1S/C28H35Cl2NO3/c1-4-15-28(3)18-23(20-8-6-9-22(30)17-20)26(19-11-13-21(29)14-12-19)31(27(28)34)24(5-2)25(33)10-7-16-32/h4,6,8-9,11-14,17,23-26,32-33H,1,5,7,10,15-16,18H2,2-3H3/t23-,24?,25?,26?,28+/m1/s1. The number of aliphatic hydroxyl groups excluding tert-OH is 2. The van der Waals surface area contributed by atoms with E-state index in [4.69, 9.17) is 23.2 Å². The van der Waals surface area contributed by atoms with Gasteiger partial charge in [-0.25, -0.2) is 0 Å². The molecule has 1 aliphatic rings. The van der Waals surface area contributed by atoms with Crippen molar-refractivity contribution < 1.29 is 15.0 Å². The number of piperidine rings is 1. The maximum Gasteiger partial charge on any atom is 0.229 e. The predicted molar refractivity (Wildman–Crippen MR) is 139 cm³/mol. The molecule has 184 valence electrons. The summed E-state index contributed by atoms with van der Waals surface area (Å²) in [6.07, 6.45) is 3.72. The summed E-state index contributed by atoms with van der Waals surface area (Å²) in [5.74, 6) is -0.0258. The van der Waals surface area contributed by atoms with Crippen LogP contribution < -0.4 is 0 Å². The number of aliphatic hydroxyl groups is 2. The van der Waals surface area contributed by atoms with Gasteiger partial charge in [0.15, 0.2) is 0 Å². The second-order valence-corrected chi connectivity index (χ2v) is 10.4. The van der Waals surface area contributed by atoms with Gasteiger partial charge in [0.1, 0.15) is 0 Å². The first-order valence-electron chi connectivity index (χ1n) is 12.0. The first kappa shape index (κ1) is 26.7. The first-order chi connectivity index (χ1) is 16.3.